The molecule has 2 N–H and O–H groups in total. The highest BCUT2D eigenvalue weighted by atomic mass is 35.5. The fraction of sp³-hybridized carbons (Fsp3) is 0.214. The monoisotopic (exact) mass is 261 g/mol. The quantitative estimate of drug-likeness (QED) is 0.514. The highest BCUT2D eigenvalue weighted by Crippen LogP contribution is 2.21. The summed E-state index contributed by atoms with van der Waals surface area (Å²) < 4.78 is 2.18. The van der Waals surface area contributed by atoms with E-state index in [1.165, 1.54) is 11.4 Å². The van der Waals surface area contributed by atoms with Crippen LogP contribution in [0.2, 0.25) is 0 Å². The third-order valence-electron chi connectivity index (χ3n) is 2.77. The molecule has 1 heterocycles. The van der Waals surface area contributed by atoms with E-state index >= 15 is 0 Å². The Hall–Kier alpha value is -1.74. The zero-order chi connectivity index (χ0) is 13.1. The van der Waals surface area contributed by atoms with Crippen molar-refractivity contribution >= 4 is 23.1 Å². The maximum atomic E-state index is 5.64. The lowest BCUT2D eigenvalue weighted by atomic mass is 10.2. The van der Waals surface area contributed by atoms with Crippen LogP contribution >= 0.6 is 11.6 Å². The molecular formula is C14H16ClN3. The maximum absolute atomic E-state index is 5.64. The number of aliphatic imine (C=N–C) groups is 1. The van der Waals surface area contributed by atoms with E-state index in [0.29, 0.717) is 5.84 Å². The molecule has 0 spiro atoms. The van der Waals surface area contributed by atoms with Crippen LogP contribution in [-0.4, -0.2) is 16.3 Å². The Morgan fingerprint density at radius 2 is 1.89 bits per heavy atom. The van der Waals surface area contributed by atoms with Gasteiger partial charge in [-0.2, -0.15) is 0 Å². The van der Waals surface area contributed by atoms with Crippen LogP contribution in [0.15, 0.2) is 41.4 Å². The number of amidine groups is 1. The number of rotatable bonds is 3. The Bertz CT molecular complexity index is 565. The van der Waals surface area contributed by atoms with Gasteiger partial charge in [0.05, 0.1) is 11.6 Å². The summed E-state index contributed by atoms with van der Waals surface area (Å²) in [6.45, 7) is 4.16. The summed E-state index contributed by atoms with van der Waals surface area (Å²) >= 11 is 5.63. The normalized spacial score (nSPS) is 11.8. The molecule has 3 nitrogen and oxygen atoms in total. The molecule has 0 unspecified atom stereocenters. The van der Waals surface area contributed by atoms with E-state index in [1.54, 1.807) is 0 Å². The molecule has 2 aromatic rings. The number of aryl methyl sites for hydroxylation is 2. The standard InChI is InChI=1S/C14H16ClN3/c1-10-6-7-11(2)18(10)13-5-3-4-12(8-13)17-14(16)9-15/h3-8H,9H2,1-2H3,(H2,16,17). The minimum absolute atomic E-state index is 0.242. The molecule has 0 aliphatic carbocycles. The van der Waals surface area contributed by atoms with E-state index in [4.69, 9.17) is 17.3 Å². The van der Waals surface area contributed by atoms with Gasteiger partial charge >= 0.3 is 0 Å². The van der Waals surface area contributed by atoms with Crippen LogP contribution in [0.5, 0.6) is 0 Å². The predicted molar refractivity (Wildman–Crippen MR) is 77.2 cm³/mol. The van der Waals surface area contributed by atoms with Crippen LogP contribution in [0, 0.1) is 13.8 Å². The fourth-order valence-corrected chi connectivity index (χ4v) is 2.03. The first kappa shape index (κ1) is 12.7. The molecule has 0 fully saturated rings. The average Bonchev–Trinajstić information content (AvgIpc) is 2.69. The molecule has 1 aromatic carbocycles. The number of nitrogens with two attached hydrogens (primary N) is 1. The molecule has 4 heteroatoms. The number of nitrogens with zero attached hydrogens (tertiary/aromatic N) is 2. The molecule has 0 amide bonds. The van der Waals surface area contributed by atoms with Crippen LogP contribution in [-0.2, 0) is 0 Å². The third-order valence-corrected chi connectivity index (χ3v) is 3.04. The molecule has 0 aliphatic rings. The number of halogens is 1. The smallest absolute Gasteiger partial charge is 0.115 e. The molecule has 0 saturated carbocycles. The van der Waals surface area contributed by atoms with Crippen LogP contribution < -0.4 is 5.73 Å². The van der Waals surface area contributed by atoms with E-state index < -0.39 is 0 Å². The van der Waals surface area contributed by atoms with Gasteiger partial charge in [-0.3, -0.25) is 0 Å². The second-order valence-electron chi connectivity index (χ2n) is 4.21. The van der Waals surface area contributed by atoms with Gasteiger partial charge in [-0.05, 0) is 44.2 Å². The number of aromatic nitrogens is 1. The third kappa shape index (κ3) is 2.57. The van der Waals surface area contributed by atoms with Crippen LogP contribution in [0.3, 0.4) is 0 Å². The lowest BCUT2D eigenvalue weighted by Gasteiger charge is -2.10. The van der Waals surface area contributed by atoms with E-state index in [9.17, 15) is 0 Å². The van der Waals surface area contributed by atoms with Gasteiger partial charge in [0, 0.05) is 17.1 Å². The summed E-state index contributed by atoms with van der Waals surface area (Å²) in [5, 5.41) is 0. The van der Waals surface area contributed by atoms with Crippen molar-refractivity contribution in [2.24, 2.45) is 10.7 Å². The lowest BCUT2D eigenvalue weighted by Crippen LogP contribution is -2.12. The Balaban J connectivity index is 2.45. The van der Waals surface area contributed by atoms with Gasteiger partial charge in [0.2, 0.25) is 0 Å². The first-order valence-corrected chi connectivity index (χ1v) is 6.29. The van der Waals surface area contributed by atoms with E-state index in [2.05, 4.69) is 41.6 Å². The highest BCUT2D eigenvalue weighted by molar-refractivity contribution is 6.28. The van der Waals surface area contributed by atoms with Crippen LogP contribution in [0.25, 0.3) is 5.69 Å². The Morgan fingerprint density at radius 3 is 2.50 bits per heavy atom. The Morgan fingerprint density at radius 1 is 1.22 bits per heavy atom. The summed E-state index contributed by atoms with van der Waals surface area (Å²) in [5.74, 6) is 0.668. The van der Waals surface area contributed by atoms with Gasteiger partial charge in [-0.15, -0.1) is 11.6 Å². The zero-order valence-electron chi connectivity index (χ0n) is 10.5. The van der Waals surface area contributed by atoms with Crippen LogP contribution in [0.1, 0.15) is 11.4 Å². The molecule has 0 saturated heterocycles. The van der Waals surface area contributed by atoms with Crippen molar-refractivity contribution in [2.75, 3.05) is 5.88 Å². The first-order valence-electron chi connectivity index (χ1n) is 5.76. The van der Waals surface area contributed by atoms with Crippen LogP contribution in [0.4, 0.5) is 5.69 Å². The molecule has 0 aliphatic heterocycles. The van der Waals surface area contributed by atoms with Crippen molar-refractivity contribution in [2.45, 2.75) is 13.8 Å². The largest absolute Gasteiger partial charge is 0.386 e. The second kappa shape index (κ2) is 5.27. The van der Waals surface area contributed by atoms with Crippen molar-refractivity contribution in [1.82, 2.24) is 4.57 Å². The maximum Gasteiger partial charge on any atom is 0.115 e. The minimum Gasteiger partial charge on any atom is -0.386 e. The fourth-order valence-electron chi connectivity index (χ4n) is 1.97. The van der Waals surface area contributed by atoms with E-state index in [1.807, 2.05) is 18.2 Å². The topological polar surface area (TPSA) is 43.3 Å². The molecule has 0 atom stereocenters. The minimum atomic E-state index is 0.242. The molecule has 2 rings (SSSR count). The Kier molecular flexibility index (Phi) is 3.72. The van der Waals surface area contributed by atoms with Crippen molar-refractivity contribution < 1.29 is 0 Å². The zero-order valence-corrected chi connectivity index (χ0v) is 11.3. The number of alkyl halides is 1. The SMILES string of the molecule is Cc1ccc(C)n1-c1cccc(N=C(N)CCl)c1. The van der Waals surface area contributed by atoms with Gasteiger partial charge in [0.25, 0.3) is 0 Å². The van der Waals surface area contributed by atoms with Gasteiger partial charge in [0.1, 0.15) is 5.84 Å². The van der Waals surface area contributed by atoms with Crippen molar-refractivity contribution in [3.8, 4) is 5.69 Å². The molecule has 0 radical (unpaired) electrons. The van der Waals surface area contributed by atoms with Gasteiger partial charge < -0.3 is 10.3 Å². The Labute approximate surface area is 112 Å². The van der Waals surface area contributed by atoms with Gasteiger partial charge in [-0.1, -0.05) is 6.07 Å². The second-order valence-corrected chi connectivity index (χ2v) is 4.48. The average molecular weight is 262 g/mol. The molecule has 94 valence electrons. The number of benzene rings is 1. The number of hydrogen-bond donors (Lipinski definition) is 1. The first-order chi connectivity index (χ1) is 8.61. The molecule has 0 bridgehead atoms. The number of hydrogen-bond acceptors (Lipinski definition) is 1. The summed E-state index contributed by atoms with van der Waals surface area (Å²) in [5.41, 5.74) is 9.93. The molecular weight excluding hydrogens is 246 g/mol. The van der Waals surface area contributed by atoms with Crippen molar-refractivity contribution in [3.05, 3.63) is 47.8 Å². The van der Waals surface area contributed by atoms with Crippen molar-refractivity contribution in [1.29, 1.82) is 0 Å². The summed E-state index contributed by atoms with van der Waals surface area (Å²) in [6, 6.07) is 12.1. The van der Waals surface area contributed by atoms with E-state index in [0.717, 1.165) is 11.4 Å². The summed E-state index contributed by atoms with van der Waals surface area (Å²) in [4.78, 5) is 4.26. The molecule has 18 heavy (non-hydrogen) atoms. The van der Waals surface area contributed by atoms with E-state index in [-0.39, 0.29) is 5.88 Å². The van der Waals surface area contributed by atoms with Crippen molar-refractivity contribution in [3.63, 3.8) is 0 Å². The summed E-state index contributed by atoms with van der Waals surface area (Å²) in [6.07, 6.45) is 0. The predicted octanol–water partition coefficient (Wildman–Crippen LogP) is 3.32. The highest BCUT2D eigenvalue weighted by Gasteiger charge is 2.04. The lowest BCUT2D eigenvalue weighted by molar-refractivity contribution is 0.966. The molecule has 1 aromatic heterocycles. The summed E-state index contributed by atoms with van der Waals surface area (Å²) in [7, 11) is 0. The van der Waals surface area contributed by atoms with Gasteiger partial charge in [-0.25, -0.2) is 4.99 Å². The van der Waals surface area contributed by atoms with Gasteiger partial charge in [0.15, 0.2) is 0 Å².